The van der Waals surface area contributed by atoms with Crippen molar-refractivity contribution < 1.29 is 9.59 Å². The van der Waals surface area contributed by atoms with Gasteiger partial charge in [-0.2, -0.15) is 0 Å². The lowest BCUT2D eigenvalue weighted by Gasteiger charge is -2.15. The molecule has 0 spiro atoms. The van der Waals surface area contributed by atoms with E-state index in [4.69, 9.17) is 0 Å². The van der Waals surface area contributed by atoms with E-state index in [1.54, 1.807) is 6.33 Å². The summed E-state index contributed by atoms with van der Waals surface area (Å²) in [6, 6.07) is 7.82. The Morgan fingerprint density at radius 2 is 1.95 bits per heavy atom. The van der Waals surface area contributed by atoms with E-state index in [9.17, 15) is 9.59 Å². The smallest absolute Gasteiger partial charge is 0.241 e. The minimum absolute atomic E-state index is 0.0129. The molecule has 2 aromatic rings. The van der Waals surface area contributed by atoms with Gasteiger partial charge in [0.25, 0.3) is 0 Å². The van der Waals surface area contributed by atoms with Crippen LogP contribution in [0.1, 0.15) is 19.3 Å². The van der Waals surface area contributed by atoms with Gasteiger partial charge in [0.15, 0.2) is 0 Å². The highest BCUT2D eigenvalue weighted by Gasteiger charge is 2.18. The zero-order valence-electron chi connectivity index (χ0n) is 12.5. The molecule has 6 nitrogen and oxygen atoms in total. The van der Waals surface area contributed by atoms with Gasteiger partial charge in [0.2, 0.25) is 11.8 Å². The fourth-order valence-corrected chi connectivity index (χ4v) is 2.75. The summed E-state index contributed by atoms with van der Waals surface area (Å²) in [5, 5.41) is 2.71. The molecule has 2 amide bonds. The molecule has 1 aromatic carbocycles. The maximum absolute atomic E-state index is 11.9. The normalized spacial score (nSPS) is 14.5. The Bertz CT molecular complexity index is 674. The second-order valence-corrected chi connectivity index (χ2v) is 5.54. The van der Waals surface area contributed by atoms with Crippen LogP contribution in [0.3, 0.4) is 0 Å². The number of benzene rings is 1. The van der Waals surface area contributed by atoms with Gasteiger partial charge in [-0.3, -0.25) is 9.59 Å². The van der Waals surface area contributed by atoms with Gasteiger partial charge in [0.1, 0.15) is 0 Å². The van der Waals surface area contributed by atoms with Crippen molar-refractivity contribution in [2.24, 2.45) is 0 Å². The Hall–Kier alpha value is -2.37. The molecular weight excluding hydrogens is 280 g/mol. The molecule has 1 N–H and O–H groups in total. The quantitative estimate of drug-likeness (QED) is 0.901. The summed E-state index contributed by atoms with van der Waals surface area (Å²) >= 11 is 0. The standard InChI is InChI=1S/C16H20N4O2/c21-15(17-11-16(22)19-8-3-4-9-19)7-10-20-12-18-13-5-1-2-6-14(13)20/h1-2,5-6,12H,3-4,7-11H2,(H,17,21). The van der Waals surface area contributed by atoms with E-state index >= 15 is 0 Å². The molecule has 0 aliphatic carbocycles. The second kappa shape index (κ2) is 6.60. The number of hydrogen-bond acceptors (Lipinski definition) is 3. The third-order valence-corrected chi connectivity index (χ3v) is 4.00. The number of aryl methyl sites for hydroxylation is 1. The topological polar surface area (TPSA) is 67.2 Å². The minimum Gasteiger partial charge on any atom is -0.347 e. The summed E-state index contributed by atoms with van der Waals surface area (Å²) < 4.78 is 1.96. The third-order valence-electron chi connectivity index (χ3n) is 4.00. The maximum Gasteiger partial charge on any atom is 0.241 e. The van der Waals surface area contributed by atoms with E-state index in [2.05, 4.69) is 10.3 Å². The molecule has 0 saturated carbocycles. The Balaban J connectivity index is 1.47. The largest absolute Gasteiger partial charge is 0.347 e. The molecule has 3 rings (SSSR count). The Labute approximate surface area is 129 Å². The number of nitrogens with zero attached hydrogens (tertiary/aromatic N) is 3. The molecule has 0 bridgehead atoms. The molecule has 1 aliphatic heterocycles. The molecular formula is C16H20N4O2. The second-order valence-electron chi connectivity index (χ2n) is 5.54. The van der Waals surface area contributed by atoms with Gasteiger partial charge >= 0.3 is 0 Å². The molecule has 116 valence electrons. The first-order valence-electron chi connectivity index (χ1n) is 7.68. The van der Waals surface area contributed by atoms with Crippen LogP contribution in [0.15, 0.2) is 30.6 Å². The average Bonchev–Trinajstić information content (AvgIpc) is 3.20. The summed E-state index contributed by atoms with van der Waals surface area (Å²) in [6.45, 7) is 2.29. The predicted molar refractivity (Wildman–Crippen MR) is 83.2 cm³/mol. The summed E-state index contributed by atoms with van der Waals surface area (Å²) in [6.07, 6.45) is 4.21. The van der Waals surface area contributed by atoms with E-state index in [1.165, 1.54) is 0 Å². The molecule has 1 saturated heterocycles. The molecule has 0 radical (unpaired) electrons. The highest BCUT2D eigenvalue weighted by molar-refractivity contribution is 5.85. The van der Waals surface area contributed by atoms with Crippen molar-refractivity contribution in [3.8, 4) is 0 Å². The number of aromatic nitrogens is 2. The van der Waals surface area contributed by atoms with Crippen LogP contribution in [-0.4, -0.2) is 45.9 Å². The van der Waals surface area contributed by atoms with Crippen LogP contribution in [0.4, 0.5) is 0 Å². The first-order valence-corrected chi connectivity index (χ1v) is 7.68. The number of carbonyl (C=O) groups excluding carboxylic acids is 2. The molecule has 0 unspecified atom stereocenters. The minimum atomic E-state index is -0.106. The number of nitrogens with one attached hydrogen (secondary N) is 1. The molecule has 6 heteroatoms. The van der Waals surface area contributed by atoms with E-state index in [0.717, 1.165) is 37.0 Å². The maximum atomic E-state index is 11.9. The Morgan fingerprint density at radius 3 is 2.77 bits per heavy atom. The SMILES string of the molecule is O=C(CCn1cnc2ccccc21)NCC(=O)N1CCCC1. The Morgan fingerprint density at radius 1 is 1.18 bits per heavy atom. The van der Waals surface area contributed by atoms with E-state index < -0.39 is 0 Å². The van der Waals surface area contributed by atoms with Gasteiger partial charge in [-0.15, -0.1) is 0 Å². The van der Waals surface area contributed by atoms with Crippen molar-refractivity contribution >= 4 is 22.8 Å². The van der Waals surface area contributed by atoms with Gasteiger partial charge in [-0.1, -0.05) is 12.1 Å². The predicted octanol–water partition coefficient (Wildman–Crippen LogP) is 1.16. The van der Waals surface area contributed by atoms with Crippen LogP contribution in [0.25, 0.3) is 11.0 Å². The van der Waals surface area contributed by atoms with Crippen LogP contribution < -0.4 is 5.32 Å². The van der Waals surface area contributed by atoms with Gasteiger partial charge in [-0.25, -0.2) is 4.98 Å². The summed E-state index contributed by atoms with van der Waals surface area (Å²) in [5.74, 6) is -0.0933. The van der Waals surface area contributed by atoms with E-state index in [-0.39, 0.29) is 18.4 Å². The van der Waals surface area contributed by atoms with Crippen LogP contribution in [-0.2, 0) is 16.1 Å². The number of likely N-dealkylation sites (tertiary alicyclic amines) is 1. The first kappa shape index (κ1) is 14.6. The highest BCUT2D eigenvalue weighted by Crippen LogP contribution is 2.12. The number of rotatable bonds is 5. The van der Waals surface area contributed by atoms with Crippen molar-refractivity contribution in [2.75, 3.05) is 19.6 Å². The summed E-state index contributed by atoms with van der Waals surface area (Å²) in [7, 11) is 0. The van der Waals surface area contributed by atoms with Crippen molar-refractivity contribution in [3.63, 3.8) is 0 Å². The highest BCUT2D eigenvalue weighted by atomic mass is 16.2. The molecule has 1 aliphatic rings. The number of amides is 2. The molecule has 1 fully saturated rings. The van der Waals surface area contributed by atoms with E-state index in [0.29, 0.717) is 13.0 Å². The average molecular weight is 300 g/mol. The molecule has 1 aromatic heterocycles. The third kappa shape index (κ3) is 3.27. The molecule has 22 heavy (non-hydrogen) atoms. The monoisotopic (exact) mass is 300 g/mol. The van der Waals surface area contributed by atoms with Gasteiger partial charge in [0.05, 0.1) is 23.9 Å². The summed E-state index contributed by atoms with van der Waals surface area (Å²) in [4.78, 5) is 29.8. The first-order chi connectivity index (χ1) is 10.7. The lowest BCUT2D eigenvalue weighted by atomic mass is 10.3. The summed E-state index contributed by atoms with van der Waals surface area (Å²) in [5.41, 5.74) is 1.94. The van der Waals surface area contributed by atoms with Crippen molar-refractivity contribution in [2.45, 2.75) is 25.8 Å². The van der Waals surface area contributed by atoms with Crippen molar-refractivity contribution in [1.29, 1.82) is 0 Å². The van der Waals surface area contributed by atoms with Gasteiger partial charge in [-0.05, 0) is 25.0 Å². The zero-order chi connectivity index (χ0) is 15.4. The number of imidazole rings is 1. The zero-order valence-corrected chi connectivity index (χ0v) is 12.5. The van der Waals surface area contributed by atoms with Gasteiger partial charge in [0, 0.05) is 26.1 Å². The molecule has 2 heterocycles. The number of carbonyl (C=O) groups is 2. The van der Waals surface area contributed by atoms with Crippen molar-refractivity contribution in [1.82, 2.24) is 19.8 Å². The van der Waals surface area contributed by atoms with Crippen LogP contribution >= 0.6 is 0 Å². The number of para-hydroxylation sites is 2. The number of hydrogen-bond donors (Lipinski definition) is 1. The van der Waals surface area contributed by atoms with Crippen molar-refractivity contribution in [3.05, 3.63) is 30.6 Å². The lowest BCUT2D eigenvalue weighted by molar-refractivity contribution is -0.132. The lowest BCUT2D eigenvalue weighted by Crippen LogP contribution is -2.38. The fourth-order valence-electron chi connectivity index (χ4n) is 2.75. The Kier molecular flexibility index (Phi) is 4.37. The van der Waals surface area contributed by atoms with Gasteiger partial charge < -0.3 is 14.8 Å². The van der Waals surface area contributed by atoms with Crippen LogP contribution in [0.2, 0.25) is 0 Å². The van der Waals surface area contributed by atoms with Crippen LogP contribution in [0, 0.1) is 0 Å². The van der Waals surface area contributed by atoms with Crippen LogP contribution in [0.5, 0.6) is 0 Å². The molecule has 0 atom stereocenters. The number of fused-ring (bicyclic) bond motifs is 1. The fraction of sp³-hybridized carbons (Fsp3) is 0.438. The van der Waals surface area contributed by atoms with E-state index in [1.807, 2.05) is 33.7 Å².